The van der Waals surface area contributed by atoms with Crippen molar-refractivity contribution in [1.82, 2.24) is 5.32 Å². The second-order valence-corrected chi connectivity index (χ2v) is 7.23. The number of carbonyl (C=O) groups is 1. The number of benzene rings is 2. The van der Waals surface area contributed by atoms with Crippen molar-refractivity contribution in [3.8, 4) is 5.75 Å². The minimum atomic E-state index is -0.298. The standard InChI is InChI=1S/C22H29NO2/c1-18-7-4-5-8-20(18)15-19-9-11-21(12-10-19)25-14-6-13-23-16-22(2,3)17-24/h4-5,7-12,17,23H,6,13-16H2,1-3H3. The average Bonchev–Trinajstić information content (AvgIpc) is 2.61. The summed E-state index contributed by atoms with van der Waals surface area (Å²) in [6, 6.07) is 16.8. The Morgan fingerprint density at radius 1 is 1.08 bits per heavy atom. The van der Waals surface area contributed by atoms with Gasteiger partial charge in [0.1, 0.15) is 12.0 Å². The maximum absolute atomic E-state index is 10.8. The molecule has 0 amide bonds. The molecule has 0 saturated heterocycles. The fourth-order valence-corrected chi connectivity index (χ4v) is 2.57. The van der Waals surface area contributed by atoms with E-state index < -0.39 is 0 Å². The Labute approximate surface area is 151 Å². The van der Waals surface area contributed by atoms with Crippen LogP contribution in [0.5, 0.6) is 5.75 Å². The predicted molar refractivity (Wildman–Crippen MR) is 103 cm³/mol. The van der Waals surface area contributed by atoms with Crippen molar-refractivity contribution in [3.05, 3.63) is 65.2 Å². The molecular weight excluding hydrogens is 310 g/mol. The van der Waals surface area contributed by atoms with Crippen molar-refractivity contribution in [3.63, 3.8) is 0 Å². The molecule has 0 saturated carbocycles. The normalized spacial score (nSPS) is 11.3. The highest BCUT2D eigenvalue weighted by Gasteiger charge is 2.14. The van der Waals surface area contributed by atoms with Crippen LogP contribution in [-0.2, 0) is 11.2 Å². The zero-order chi connectivity index (χ0) is 18.1. The maximum atomic E-state index is 10.8. The molecule has 3 nitrogen and oxygen atoms in total. The van der Waals surface area contributed by atoms with Crippen LogP contribution >= 0.6 is 0 Å². The molecule has 0 aromatic heterocycles. The van der Waals surface area contributed by atoms with Crippen LogP contribution in [-0.4, -0.2) is 26.0 Å². The molecule has 0 aliphatic carbocycles. The van der Waals surface area contributed by atoms with E-state index in [1.807, 2.05) is 26.0 Å². The van der Waals surface area contributed by atoms with Crippen LogP contribution in [0.1, 0.15) is 37.0 Å². The van der Waals surface area contributed by atoms with E-state index in [0.29, 0.717) is 13.2 Å². The van der Waals surface area contributed by atoms with Crippen LogP contribution < -0.4 is 10.1 Å². The second-order valence-electron chi connectivity index (χ2n) is 7.23. The number of nitrogens with one attached hydrogen (secondary N) is 1. The van der Waals surface area contributed by atoms with Crippen LogP contribution in [0.25, 0.3) is 0 Å². The molecule has 0 aliphatic heterocycles. The minimum absolute atomic E-state index is 0.298. The second kappa shape index (κ2) is 9.38. The van der Waals surface area contributed by atoms with Gasteiger partial charge >= 0.3 is 0 Å². The Hall–Kier alpha value is -2.13. The lowest BCUT2D eigenvalue weighted by Crippen LogP contribution is -2.31. The highest BCUT2D eigenvalue weighted by molar-refractivity contribution is 5.58. The lowest BCUT2D eigenvalue weighted by atomic mass is 9.96. The summed E-state index contributed by atoms with van der Waals surface area (Å²) in [5, 5.41) is 3.29. The van der Waals surface area contributed by atoms with Gasteiger partial charge in [-0.25, -0.2) is 0 Å². The molecule has 3 heteroatoms. The van der Waals surface area contributed by atoms with E-state index in [9.17, 15) is 4.79 Å². The molecule has 0 radical (unpaired) electrons. The van der Waals surface area contributed by atoms with E-state index in [1.54, 1.807) is 0 Å². The quantitative estimate of drug-likeness (QED) is 0.521. The van der Waals surface area contributed by atoms with Gasteiger partial charge in [-0.1, -0.05) is 50.2 Å². The molecule has 0 heterocycles. The van der Waals surface area contributed by atoms with Gasteiger partial charge in [0.2, 0.25) is 0 Å². The molecule has 0 fully saturated rings. The lowest BCUT2D eigenvalue weighted by Gasteiger charge is -2.17. The fourth-order valence-electron chi connectivity index (χ4n) is 2.57. The van der Waals surface area contributed by atoms with Gasteiger partial charge in [0.25, 0.3) is 0 Å². The van der Waals surface area contributed by atoms with Crippen LogP contribution in [0.2, 0.25) is 0 Å². The van der Waals surface area contributed by atoms with Gasteiger partial charge in [0.05, 0.1) is 6.61 Å². The van der Waals surface area contributed by atoms with Crippen molar-refractivity contribution < 1.29 is 9.53 Å². The van der Waals surface area contributed by atoms with Gasteiger partial charge in [-0.2, -0.15) is 0 Å². The predicted octanol–water partition coefficient (Wildman–Crippen LogP) is 4.17. The Bertz CT molecular complexity index is 662. The third-order valence-electron chi connectivity index (χ3n) is 4.25. The van der Waals surface area contributed by atoms with Crippen molar-refractivity contribution in [2.24, 2.45) is 5.41 Å². The summed E-state index contributed by atoms with van der Waals surface area (Å²) in [6.07, 6.45) is 2.86. The molecule has 1 N–H and O–H groups in total. The molecular formula is C22H29NO2. The highest BCUT2D eigenvalue weighted by Crippen LogP contribution is 2.17. The summed E-state index contributed by atoms with van der Waals surface area (Å²) in [6.45, 7) is 8.24. The van der Waals surface area contributed by atoms with Gasteiger partial charge in [0.15, 0.2) is 0 Å². The third-order valence-corrected chi connectivity index (χ3v) is 4.25. The number of aryl methyl sites for hydroxylation is 1. The Kier molecular flexibility index (Phi) is 7.20. The third kappa shape index (κ3) is 6.71. The van der Waals surface area contributed by atoms with Crippen molar-refractivity contribution >= 4 is 6.29 Å². The van der Waals surface area contributed by atoms with Gasteiger partial charge < -0.3 is 14.8 Å². The van der Waals surface area contributed by atoms with Crippen LogP contribution in [0.4, 0.5) is 0 Å². The zero-order valence-corrected chi connectivity index (χ0v) is 15.5. The molecule has 2 aromatic carbocycles. The summed E-state index contributed by atoms with van der Waals surface area (Å²) in [7, 11) is 0. The molecule has 0 aliphatic rings. The van der Waals surface area contributed by atoms with Crippen LogP contribution in [0.3, 0.4) is 0 Å². The lowest BCUT2D eigenvalue weighted by molar-refractivity contribution is -0.114. The average molecular weight is 339 g/mol. The van der Waals surface area contributed by atoms with E-state index in [4.69, 9.17) is 4.74 Å². The van der Waals surface area contributed by atoms with Gasteiger partial charge in [0, 0.05) is 12.0 Å². The zero-order valence-electron chi connectivity index (χ0n) is 15.5. The number of rotatable bonds is 10. The highest BCUT2D eigenvalue weighted by atomic mass is 16.5. The van der Waals surface area contributed by atoms with Gasteiger partial charge in [-0.15, -0.1) is 0 Å². The van der Waals surface area contributed by atoms with E-state index in [0.717, 1.165) is 31.4 Å². The largest absolute Gasteiger partial charge is 0.494 e. The summed E-state index contributed by atoms with van der Waals surface area (Å²) in [5.41, 5.74) is 3.68. The first-order valence-electron chi connectivity index (χ1n) is 8.93. The van der Waals surface area contributed by atoms with Crippen LogP contribution in [0.15, 0.2) is 48.5 Å². The Morgan fingerprint density at radius 2 is 1.80 bits per heavy atom. The van der Waals surface area contributed by atoms with Crippen LogP contribution in [0, 0.1) is 12.3 Å². The number of hydrogen-bond donors (Lipinski definition) is 1. The van der Waals surface area contributed by atoms with Crippen molar-refractivity contribution in [1.29, 1.82) is 0 Å². The summed E-state index contributed by atoms with van der Waals surface area (Å²) in [4.78, 5) is 10.8. The van der Waals surface area contributed by atoms with Crippen molar-refractivity contribution in [2.75, 3.05) is 19.7 Å². The first kappa shape index (κ1) is 19.2. The minimum Gasteiger partial charge on any atom is -0.494 e. The number of carbonyl (C=O) groups excluding carboxylic acids is 1. The molecule has 0 atom stereocenters. The molecule has 2 rings (SSSR count). The van der Waals surface area contributed by atoms with Gasteiger partial charge in [-0.3, -0.25) is 0 Å². The maximum Gasteiger partial charge on any atom is 0.126 e. The monoisotopic (exact) mass is 339 g/mol. The Morgan fingerprint density at radius 3 is 2.48 bits per heavy atom. The van der Waals surface area contributed by atoms with Crippen molar-refractivity contribution in [2.45, 2.75) is 33.6 Å². The molecule has 0 unspecified atom stereocenters. The fraction of sp³-hybridized carbons (Fsp3) is 0.409. The molecule has 2 aromatic rings. The van der Waals surface area contributed by atoms with E-state index >= 15 is 0 Å². The van der Waals surface area contributed by atoms with Gasteiger partial charge in [-0.05, 0) is 55.1 Å². The van der Waals surface area contributed by atoms with E-state index in [2.05, 4.69) is 48.6 Å². The molecule has 134 valence electrons. The number of aldehydes is 1. The smallest absolute Gasteiger partial charge is 0.126 e. The summed E-state index contributed by atoms with van der Waals surface area (Å²) in [5.74, 6) is 0.904. The Balaban J connectivity index is 1.70. The topological polar surface area (TPSA) is 38.3 Å². The molecule has 25 heavy (non-hydrogen) atoms. The first-order chi connectivity index (χ1) is 12.0. The summed E-state index contributed by atoms with van der Waals surface area (Å²) < 4.78 is 5.78. The summed E-state index contributed by atoms with van der Waals surface area (Å²) >= 11 is 0. The molecule has 0 bridgehead atoms. The SMILES string of the molecule is Cc1ccccc1Cc1ccc(OCCCNCC(C)(C)C=O)cc1. The first-order valence-corrected chi connectivity index (χ1v) is 8.93. The number of hydrogen-bond acceptors (Lipinski definition) is 3. The van der Waals surface area contributed by atoms with E-state index in [1.165, 1.54) is 16.7 Å². The molecule has 0 spiro atoms. The number of ether oxygens (including phenoxy) is 1. The van der Waals surface area contributed by atoms with E-state index in [-0.39, 0.29) is 5.41 Å².